The van der Waals surface area contributed by atoms with Crippen LogP contribution < -0.4 is 10.0 Å². The summed E-state index contributed by atoms with van der Waals surface area (Å²) in [6.07, 6.45) is 0.672. The van der Waals surface area contributed by atoms with Gasteiger partial charge in [-0.1, -0.05) is 0 Å². The van der Waals surface area contributed by atoms with Crippen molar-refractivity contribution in [1.82, 2.24) is 10.0 Å². The van der Waals surface area contributed by atoms with Crippen LogP contribution in [0, 0.1) is 0 Å². The van der Waals surface area contributed by atoms with E-state index in [4.69, 9.17) is 5.11 Å². The van der Waals surface area contributed by atoms with Crippen LogP contribution >= 0.6 is 11.3 Å². The number of hydrogen-bond acceptors (Lipinski definition) is 5. The van der Waals surface area contributed by atoms with Gasteiger partial charge in [0.05, 0.1) is 4.90 Å². The van der Waals surface area contributed by atoms with E-state index in [1.54, 1.807) is 7.05 Å². The number of thiophene rings is 1. The monoisotopic (exact) mass is 278 g/mol. The van der Waals surface area contributed by atoms with E-state index in [9.17, 15) is 13.2 Å². The fraction of sp³-hybridized carbons (Fsp3) is 0.444. The van der Waals surface area contributed by atoms with Gasteiger partial charge in [0.2, 0.25) is 10.0 Å². The predicted molar refractivity (Wildman–Crippen MR) is 65.0 cm³/mol. The molecular weight excluding hydrogens is 264 g/mol. The van der Waals surface area contributed by atoms with Gasteiger partial charge in [-0.15, -0.1) is 11.3 Å². The summed E-state index contributed by atoms with van der Waals surface area (Å²) >= 11 is 0.897. The van der Waals surface area contributed by atoms with Crippen molar-refractivity contribution in [1.29, 1.82) is 0 Å². The lowest BCUT2D eigenvalue weighted by Crippen LogP contribution is -2.26. The van der Waals surface area contributed by atoms with Gasteiger partial charge in [-0.3, -0.25) is 0 Å². The van der Waals surface area contributed by atoms with E-state index in [2.05, 4.69) is 10.0 Å². The van der Waals surface area contributed by atoms with Crippen LogP contribution in [0.15, 0.2) is 16.3 Å². The van der Waals surface area contributed by atoms with Gasteiger partial charge in [-0.05, 0) is 26.1 Å². The minimum Gasteiger partial charge on any atom is -0.477 e. The zero-order valence-electron chi connectivity index (χ0n) is 9.26. The fourth-order valence-corrected chi connectivity index (χ4v) is 3.31. The molecule has 96 valence electrons. The van der Waals surface area contributed by atoms with Crippen LogP contribution in [0.1, 0.15) is 16.1 Å². The van der Waals surface area contributed by atoms with E-state index in [1.807, 2.05) is 0 Å². The van der Waals surface area contributed by atoms with Crippen LogP contribution in [0.2, 0.25) is 0 Å². The summed E-state index contributed by atoms with van der Waals surface area (Å²) in [7, 11) is -1.80. The summed E-state index contributed by atoms with van der Waals surface area (Å²) in [5, 5.41) is 12.9. The Kier molecular flexibility index (Phi) is 5.06. The lowest BCUT2D eigenvalue weighted by molar-refractivity contribution is 0.0702. The van der Waals surface area contributed by atoms with Gasteiger partial charge in [0.25, 0.3) is 0 Å². The Morgan fingerprint density at radius 2 is 2.18 bits per heavy atom. The zero-order chi connectivity index (χ0) is 12.9. The lowest BCUT2D eigenvalue weighted by atomic mass is 10.4. The first-order valence-corrected chi connectivity index (χ1v) is 7.30. The van der Waals surface area contributed by atoms with Crippen molar-refractivity contribution in [3.8, 4) is 0 Å². The van der Waals surface area contributed by atoms with Gasteiger partial charge in [0.1, 0.15) is 4.88 Å². The van der Waals surface area contributed by atoms with Crippen molar-refractivity contribution in [2.24, 2.45) is 0 Å². The molecule has 17 heavy (non-hydrogen) atoms. The number of rotatable bonds is 7. The second-order valence-corrected chi connectivity index (χ2v) is 5.98. The predicted octanol–water partition coefficient (Wildman–Crippen LogP) is 0.334. The first-order chi connectivity index (χ1) is 7.97. The summed E-state index contributed by atoms with van der Waals surface area (Å²) in [6, 6.07) is 1.16. The molecule has 8 heteroatoms. The lowest BCUT2D eigenvalue weighted by Gasteiger charge is -2.04. The van der Waals surface area contributed by atoms with E-state index >= 15 is 0 Å². The molecule has 0 aromatic carbocycles. The zero-order valence-corrected chi connectivity index (χ0v) is 10.9. The highest BCUT2D eigenvalue weighted by molar-refractivity contribution is 7.89. The summed E-state index contributed by atoms with van der Waals surface area (Å²) in [4.78, 5) is 10.6. The molecule has 0 saturated heterocycles. The van der Waals surface area contributed by atoms with Crippen molar-refractivity contribution in [2.75, 3.05) is 20.1 Å². The SMILES string of the molecule is CNCCCNS(=O)(=O)c1csc(C(=O)O)c1. The van der Waals surface area contributed by atoms with Crippen molar-refractivity contribution in [2.45, 2.75) is 11.3 Å². The third kappa shape index (κ3) is 4.08. The maximum atomic E-state index is 11.7. The first kappa shape index (κ1) is 14.1. The number of carboxylic acids is 1. The smallest absolute Gasteiger partial charge is 0.345 e. The van der Waals surface area contributed by atoms with Gasteiger partial charge in [-0.25, -0.2) is 17.9 Å². The Morgan fingerprint density at radius 1 is 1.47 bits per heavy atom. The molecular formula is C9H14N2O4S2. The second kappa shape index (κ2) is 6.10. The number of carboxylic acid groups (broad SMARTS) is 1. The topological polar surface area (TPSA) is 95.5 Å². The number of carbonyl (C=O) groups is 1. The molecule has 0 spiro atoms. The molecule has 0 atom stereocenters. The van der Waals surface area contributed by atoms with E-state index in [1.165, 1.54) is 5.38 Å². The third-order valence-corrected chi connectivity index (χ3v) is 4.50. The highest BCUT2D eigenvalue weighted by Gasteiger charge is 2.17. The van der Waals surface area contributed by atoms with Crippen LogP contribution in [-0.4, -0.2) is 39.6 Å². The molecule has 0 aliphatic carbocycles. The molecule has 1 rings (SSSR count). The van der Waals surface area contributed by atoms with Gasteiger partial charge in [0, 0.05) is 11.9 Å². The number of hydrogen-bond donors (Lipinski definition) is 3. The van der Waals surface area contributed by atoms with Gasteiger partial charge in [0.15, 0.2) is 0 Å². The van der Waals surface area contributed by atoms with Crippen LogP contribution in [0.3, 0.4) is 0 Å². The van der Waals surface area contributed by atoms with E-state index < -0.39 is 16.0 Å². The molecule has 1 aromatic heterocycles. The summed E-state index contributed by atoms with van der Waals surface area (Å²) in [5.41, 5.74) is 0. The number of nitrogens with one attached hydrogen (secondary N) is 2. The normalized spacial score (nSPS) is 11.6. The first-order valence-electron chi connectivity index (χ1n) is 4.93. The Balaban J connectivity index is 2.66. The van der Waals surface area contributed by atoms with E-state index in [-0.39, 0.29) is 9.77 Å². The number of aromatic carboxylic acids is 1. The molecule has 0 amide bonds. The van der Waals surface area contributed by atoms with Gasteiger partial charge >= 0.3 is 5.97 Å². The highest BCUT2D eigenvalue weighted by atomic mass is 32.2. The Hall–Kier alpha value is -0.960. The van der Waals surface area contributed by atoms with Crippen LogP contribution in [-0.2, 0) is 10.0 Å². The fourth-order valence-electron chi connectivity index (χ4n) is 1.13. The molecule has 0 aliphatic rings. The molecule has 6 nitrogen and oxygen atoms in total. The second-order valence-electron chi connectivity index (χ2n) is 3.31. The summed E-state index contributed by atoms with van der Waals surface area (Å²) in [6.45, 7) is 1.04. The summed E-state index contributed by atoms with van der Waals surface area (Å²) in [5.74, 6) is -1.12. The molecule has 0 fully saturated rings. The van der Waals surface area contributed by atoms with Crippen LogP contribution in [0.25, 0.3) is 0 Å². The Labute approximate surface area is 104 Å². The Morgan fingerprint density at radius 3 is 2.71 bits per heavy atom. The molecule has 1 heterocycles. The Bertz CT molecular complexity index is 481. The quantitative estimate of drug-likeness (QED) is 0.625. The van der Waals surface area contributed by atoms with E-state index in [0.29, 0.717) is 19.5 Å². The van der Waals surface area contributed by atoms with Crippen molar-refractivity contribution in [3.05, 3.63) is 16.3 Å². The molecule has 1 aromatic rings. The van der Waals surface area contributed by atoms with E-state index in [0.717, 1.165) is 17.4 Å². The van der Waals surface area contributed by atoms with Crippen molar-refractivity contribution >= 4 is 27.3 Å². The minimum atomic E-state index is -3.58. The maximum Gasteiger partial charge on any atom is 0.345 e. The summed E-state index contributed by atoms with van der Waals surface area (Å²) < 4.78 is 25.8. The van der Waals surface area contributed by atoms with Crippen LogP contribution in [0.5, 0.6) is 0 Å². The number of sulfonamides is 1. The minimum absolute atomic E-state index is 0.00403. The molecule has 3 N–H and O–H groups in total. The molecule has 0 radical (unpaired) electrons. The van der Waals surface area contributed by atoms with Crippen molar-refractivity contribution < 1.29 is 18.3 Å². The largest absolute Gasteiger partial charge is 0.477 e. The maximum absolute atomic E-state index is 11.7. The molecule has 0 saturated carbocycles. The highest BCUT2D eigenvalue weighted by Crippen LogP contribution is 2.18. The van der Waals surface area contributed by atoms with Gasteiger partial charge in [-0.2, -0.15) is 0 Å². The molecule has 0 bridgehead atoms. The third-order valence-electron chi connectivity index (χ3n) is 1.99. The van der Waals surface area contributed by atoms with Gasteiger partial charge < -0.3 is 10.4 Å². The van der Waals surface area contributed by atoms with Crippen LogP contribution in [0.4, 0.5) is 0 Å². The molecule has 0 aliphatic heterocycles. The average Bonchev–Trinajstić information content (AvgIpc) is 2.74. The standard InChI is InChI=1S/C9H14N2O4S2/c1-10-3-2-4-11-17(14,15)7-5-8(9(12)13)16-6-7/h5-6,10-11H,2-4H2,1H3,(H,12,13). The van der Waals surface area contributed by atoms with Crippen molar-refractivity contribution in [3.63, 3.8) is 0 Å². The average molecular weight is 278 g/mol. The molecule has 0 unspecified atom stereocenters.